The SMILES string of the molecule is C=C1C=C(C2=CC=C(Cl)CC2)N/C(=C\c2cccc3ccccc23)N1/C=C/C(F)(F)F. The average molecular weight is 441 g/mol. The summed E-state index contributed by atoms with van der Waals surface area (Å²) in [5.41, 5.74) is 3.14. The van der Waals surface area contributed by atoms with E-state index in [1.165, 1.54) is 4.90 Å². The quantitative estimate of drug-likeness (QED) is 0.536. The van der Waals surface area contributed by atoms with Crippen LogP contribution in [-0.4, -0.2) is 11.1 Å². The van der Waals surface area contributed by atoms with Gasteiger partial charge < -0.3 is 10.2 Å². The van der Waals surface area contributed by atoms with Crippen molar-refractivity contribution in [2.45, 2.75) is 19.0 Å². The summed E-state index contributed by atoms with van der Waals surface area (Å²) in [4.78, 5) is 1.41. The van der Waals surface area contributed by atoms with E-state index < -0.39 is 6.18 Å². The highest BCUT2D eigenvalue weighted by molar-refractivity contribution is 6.29. The molecule has 0 bridgehead atoms. The predicted molar refractivity (Wildman–Crippen MR) is 121 cm³/mol. The summed E-state index contributed by atoms with van der Waals surface area (Å²) in [6.45, 7) is 3.99. The van der Waals surface area contributed by atoms with E-state index in [2.05, 4.69) is 11.9 Å². The van der Waals surface area contributed by atoms with Crippen LogP contribution in [0.2, 0.25) is 0 Å². The first kappa shape index (κ1) is 21.1. The molecule has 2 aliphatic rings. The molecular formula is C25H20ClF3N2. The van der Waals surface area contributed by atoms with E-state index in [4.69, 9.17) is 11.6 Å². The van der Waals surface area contributed by atoms with Crippen molar-refractivity contribution < 1.29 is 13.2 Å². The molecular weight excluding hydrogens is 421 g/mol. The molecule has 0 saturated carbocycles. The van der Waals surface area contributed by atoms with Crippen LogP contribution in [0.25, 0.3) is 16.8 Å². The summed E-state index contributed by atoms with van der Waals surface area (Å²) in [6, 6.07) is 13.7. The monoisotopic (exact) mass is 440 g/mol. The minimum atomic E-state index is -4.43. The normalized spacial score (nSPS) is 18.8. The summed E-state index contributed by atoms with van der Waals surface area (Å²) >= 11 is 6.07. The molecule has 2 aromatic carbocycles. The molecule has 4 rings (SSSR count). The van der Waals surface area contributed by atoms with E-state index >= 15 is 0 Å². The average Bonchev–Trinajstić information content (AvgIpc) is 2.73. The van der Waals surface area contributed by atoms with Crippen LogP contribution in [0.1, 0.15) is 18.4 Å². The number of alkyl halides is 3. The van der Waals surface area contributed by atoms with Crippen molar-refractivity contribution >= 4 is 28.4 Å². The van der Waals surface area contributed by atoms with Gasteiger partial charge in [-0.25, -0.2) is 0 Å². The highest BCUT2D eigenvalue weighted by Gasteiger charge is 2.25. The van der Waals surface area contributed by atoms with E-state index in [1.807, 2.05) is 60.7 Å². The van der Waals surface area contributed by atoms with Gasteiger partial charge in [-0.1, -0.05) is 66.7 Å². The molecule has 2 aromatic rings. The Bertz CT molecular complexity index is 1180. The number of nitrogens with one attached hydrogen (secondary N) is 1. The van der Waals surface area contributed by atoms with Crippen molar-refractivity contribution in [3.05, 3.63) is 113 Å². The van der Waals surface area contributed by atoms with Crippen molar-refractivity contribution in [2.24, 2.45) is 0 Å². The maximum Gasteiger partial charge on any atom is 0.411 e. The van der Waals surface area contributed by atoms with E-state index in [9.17, 15) is 13.2 Å². The van der Waals surface area contributed by atoms with Gasteiger partial charge in [0, 0.05) is 28.7 Å². The van der Waals surface area contributed by atoms with E-state index in [0.29, 0.717) is 11.5 Å². The Morgan fingerprint density at radius 1 is 1.03 bits per heavy atom. The Hall–Kier alpha value is -3.18. The molecule has 158 valence electrons. The third-order valence-electron chi connectivity index (χ3n) is 5.12. The molecule has 1 N–H and O–H groups in total. The molecule has 0 spiro atoms. The maximum atomic E-state index is 12.9. The highest BCUT2D eigenvalue weighted by atomic mass is 35.5. The molecule has 2 nitrogen and oxygen atoms in total. The predicted octanol–water partition coefficient (Wildman–Crippen LogP) is 7.36. The fourth-order valence-corrected chi connectivity index (χ4v) is 3.76. The molecule has 0 fully saturated rings. The van der Waals surface area contributed by atoms with Gasteiger partial charge in [0.25, 0.3) is 0 Å². The van der Waals surface area contributed by atoms with Crippen LogP contribution >= 0.6 is 11.6 Å². The minimum absolute atomic E-state index is 0.206. The molecule has 0 radical (unpaired) electrons. The second kappa shape index (κ2) is 8.52. The first-order valence-corrected chi connectivity index (χ1v) is 10.2. The second-order valence-corrected chi connectivity index (χ2v) is 7.79. The molecule has 0 amide bonds. The number of allylic oxidation sites excluding steroid dienone is 6. The lowest BCUT2D eigenvalue weighted by Gasteiger charge is -2.32. The van der Waals surface area contributed by atoms with Crippen molar-refractivity contribution in [2.75, 3.05) is 0 Å². The third kappa shape index (κ3) is 4.94. The van der Waals surface area contributed by atoms with Crippen LogP contribution in [0, 0.1) is 0 Å². The first-order chi connectivity index (χ1) is 14.8. The minimum Gasteiger partial charge on any atom is -0.341 e. The van der Waals surface area contributed by atoms with Gasteiger partial charge in [-0.05, 0) is 53.0 Å². The van der Waals surface area contributed by atoms with Gasteiger partial charge in [0.2, 0.25) is 0 Å². The van der Waals surface area contributed by atoms with Crippen molar-refractivity contribution in [3.8, 4) is 0 Å². The van der Waals surface area contributed by atoms with Gasteiger partial charge in [-0.2, -0.15) is 13.2 Å². The van der Waals surface area contributed by atoms with E-state index in [0.717, 1.165) is 51.7 Å². The molecule has 0 aromatic heterocycles. The maximum absolute atomic E-state index is 12.9. The Labute approximate surface area is 184 Å². The zero-order chi connectivity index (χ0) is 22.0. The van der Waals surface area contributed by atoms with Crippen LogP contribution in [0.15, 0.2) is 107 Å². The fraction of sp³-hybridized carbons (Fsp3) is 0.120. The number of nitrogens with zero attached hydrogens (tertiary/aromatic N) is 1. The molecule has 0 unspecified atom stereocenters. The Kier molecular flexibility index (Phi) is 5.79. The van der Waals surface area contributed by atoms with Crippen LogP contribution in [0.4, 0.5) is 13.2 Å². The lowest BCUT2D eigenvalue weighted by molar-refractivity contribution is -0.0805. The Morgan fingerprint density at radius 2 is 1.81 bits per heavy atom. The Morgan fingerprint density at radius 3 is 2.55 bits per heavy atom. The standard InChI is InChI=1S/C25H20ClF3N2/c1-17-15-23(19-9-11-21(26)12-10-19)30-24(31(17)14-13-25(27,28)29)16-20-7-4-6-18-5-2-3-8-22(18)20/h2-9,11,13-16,30H,1,10,12H2/b14-13+,24-16+. The van der Waals surface area contributed by atoms with Crippen LogP contribution in [-0.2, 0) is 0 Å². The summed E-state index contributed by atoms with van der Waals surface area (Å²) in [7, 11) is 0. The van der Waals surface area contributed by atoms with Gasteiger partial charge in [-0.3, -0.25) is 0 Å². The summed E-state index contributed by atoms with van der Waals surface area (Å²) in [6.07, 6.45) is 5.59. The van der Waals surface area contributed by atoms with Crippen molar-refractivity contribution in [3.63, 3.8) is 0 Å². The number of hydrogen-bond donors (Lipinski definition) is 1. The van der Waals surface area contributed by atoms with Gasteiger partial charge in [0.05, 0.1) is 0 Å². The van der Waals surface area contributed by atoms with Gasteiger partial charge >= 0.3 is 6.18 Å². The highest BCUT2D eigenvalue weighted by Crippen LogP contribution is 2.32. The van der Waals surface area contributed by atoms with Gasteiger partial charge in [-0.15, -0.1) is 0 Å². The van der Waals surface area contributed by atoms with Gasteiger partial charge in [0.1, 0.15) is 5.82 Å². The Balaban J connectivity index is 1.79. The number of halogens is 4. The number of rotatable bonds is 3. The van der Waals surface area contributed by atoms with Crippen LogP contribution < -0.4 is 5.32 Å². The lowest BCUT2D eigenvalue weighted by Crippen LogP contribution is -2.32. The van der Waals surface area contributed by atoms with Crippen molar-refractivity contribution in [1.29, 1.82) is 0 Å². The number of hydrogen-bond acceptors (Lipinski definition) is 2. The molecule has 1 aliphatic heterocycles. The summed E-state index contributed by atoms with van der Waals surface area (Å²) in [5, 5.41) is 6.13. The van der Waals surface area contributed by atoms with Crippen LogP contribution in [0.5, 0.6) is 0 Å². The lowest BCUT2D eigenvalue weighted by atomic mass is 9.99. The van der Waals surface area contributed by atoms with E-state index in [-0.39, 0.29) is 6.08 Å². The fourth-order valence-electron chi connectivity index (χ4n) is 3.60. The summed E-state index contributed by atoms with van der Waals surface area (Å²) < 4.78 is 38.6. The number of benzene rings is 2. The van der Waals surface area contributed by atoms with Crippen LogP contribution in [0.3, 0.4) is 0 Å². The zero-order valence-corrected chi connectivity index (χ0v) is 17.3. The molecule has 31 heavy (non-hydrogen) atoms. The van der Waals surface area contributed by atoms with Gasteiger partial charge in [0.15, 0.2) is 0 Å². The first-order valence-electron chi connectivity index (χ1n) is 9.78. The second-order valence-electron chi connectivity index (χ2n) is 7.31. The topological polar surface area (TPSA) is 15.3 Å². The molecule has 0 saturated heterocycles. The smallest absolute Gasteiger partial charge is 0.341 e. The largest absolute Gasteiger partial charge is 0.411 e. The molecule has 6 heteroatoms. The molecule has 1 heterocycles. The number of fused-ring (bicyclic) bond motifs is 1. The zero-order valence-electron chi connectivity index (χ0n) is 16.6. The molecule has 1 aliphatic carbocycles. The summed E-state index contributed by atoms with van der Waals surface area (Å²) in [5.74, 6) is 0.487. The molecule has 0 atom stereocenters. The third-order valence-corrected chi connectivity index (χ3v) is 5.43. The van der Waals surface area contributed by atoms with E-state index in [1.54, 1.807) is 6.08 Å². The van der Waals surface area contributed by atoms with Crippen molar-refractivity contribution in [1.82, 2.24) is 10.2 Å².